The van der Waals surface area contributed by atoms with E-state index in [-0.39, 0.29) is 6.09 Å². The normalized spacial score (nSPS) is 19.1. The van der Waals surface area contributed by atoms with E-state index in [9.17, 15) is 4.79 Å². The van der Waals surface area contributed by atoms with E-state index >= 15 is 0 Å². The summed E-state index contributed by atoms with van der Waals surface area (Å²) in [7, 11) is 1.39. The van der Waals surface area contributed by atoms with Gasteiger partial charge in [-0.2, -0.15) is 0 Å². The van der Waals surface area contributed by atoms with Crippen LogP contribution in [0.5, 0.6) is 0 Å². The van der Waals surface area contributed by atoms with Crippen molar-refractivity contribution in [3.8, 4) is 0 Å². The van der Waals surface area contributed by atoms with Crippen molar-refractivity contribution in [1.29, 1.82) is 0 Å². The number of ether oxygens (including phenoxy) is 1. The number of carbonyl (C=O) groups is 1. The van der Waals surface area contributed by atoms with Crippen LogP contribution in [0.4, 0.5) is 10.5 Å². The molecule has 0 aliphatic carbocycles. The molecule has 0 radical (unpaired) electrons. The molecule has 1 atom stereocenters. The van der Waals surface area contributed by atoms with E-state index in [4.69, 9.17) is 0 Å². The summed E-state index contributed by atoms with van der Waals surface area (Å²) in [4.78, 5) is 13.3. The smallest absolute Gasteiger partial charge is 0.406 e. The quantitative estimate of drug-likeness (QED) is 0.868. The topological polar surface area (TPSA) is 41.6 Å². The van der Waals surface area contributed by atoms with Gasteiger partial charge in [0.2, 0.25) is 0 Å². The molecule has 1 aliphatic heterocycles. The molecule has 0 aromatic heterocycles. The van der Waals surface area contributed by atoms with Gasteiger partial charge in [0.05, 0.1) is 7.11 Å². The van der Waals surface area contributed by atoms with Crippen molar-refractivity contribution in [3.63, 3.8) is 0 Å². The van der Waals surface area contributed by atoms with Crippen LogP contribution in [0.25, 0.3) is 0 Å². The highest BCUT2D eigenvalue weighted by Crippen LogP contribution is 2.22. The van der Waals surface area contributed by atoms with Gasteiger partial charge < -0.3 is 15.0 Å². The molecule has 0 bridgehead atoms. The molecule has 1 fully saturated rings. The number of para-hydroxylation sites is 1. The molecule has 1 heterocycles. The van der Waals surface area contributed by atoms with Crippen LogP contribution in [0.3, 0.4) is 0 Å². The van der Waals surface area contributed by atoms with Crippen molar-refractivity contribution in [2.75, 3.05) is 31.6 Å². The number of hydrogen-bond acceptors (Lipinski definition) is 3. The second-order valence-corrected chi connectivity index (χ2v) is 4.31. The Morgan fingerprint density at radius 1 is 1.47 bits per heavy atom. The minimum Gasteiger partial charge on any atom is -0.453 e. The highest BCUT2D eigenvalue weighted by atomic mass is 16.5. The van der Waals surface area contributed by atoms with Gasteiger partial charge in [0, 0.05) is 25.3 Å². The van der Waals surface area contributed by atoms with Crippen molar-refractivity contribution < 1.29 is 9.53 Å². The lowest BCUT2D eigenvalue weighted by Gasteiger charge is -2.18. The summed E-state index contributed by atoms with van der Waals surface area (Å²) in [5, 5.41) is 2.76. The third kappa shape index (κ3) is 3.12. The Morgan fingerprint density at radius 3 is 2.94 bits per heavy atom. The van der Waals surface area contributed by atoms with E-state index in [2.05, 4.69) is 39.2 Å². The molecule has 1 aromatic carbocycles. The lowest BCUT2D eigenvalue weighted by molar-refractivity contribution is 0.169. The molecule has 0 spiro atoms. The highest BCUT2D eigenvalue weighted by Gasteiger charge is 2.22. The van der Waals surface area contributed by atoms with Crippen LogP contribution in [0.15, 0.2) is 30.3 Å². The number of amides is 1. The number of hydrogen-bond donors (Lipinski definition) is 1. The summed E-state index contributed by atoms with van der Waals surface area (Å²) < 4.78 is 4.56. The molecule has 92 valence electrons. The second-order valence-electron chi connectivity index (χ2n) is 4.31. The number of anilines is 1. The molecule has 0 saturated carbocycles. The molecule has 1 aromatic rings. The summed E-state index contributed by atoms with van der Waals surface area (Å²) in [6.07, 6.45) is 0.766. The van der Waals surface area contributed by atoms with E-state index in [0.717, 1.165) is 19.5 Å². The van der Waals surface area contributed by atoms with Gasteiger partial charge in [-0.3, -0.25) is 0 Å². The van der Waals surface area contributed by atoms with Crippen LogP contribution in [0.2, 0.25) is 0 Å². The average Bonchev–Trinajstić information content (AvgIpc) is 2.86. The number of nitrogens with one attached hydrogen (secondary N) is 1. The molecular weight excluding hydrogens is 216 g/mol. The summed E-state index contributed by atoms with van der Waals surface area (Å²) in [5.74, 6) is 0.509. The molecule has 4 nitrogen and oxygen atoms in total. The van der Waals surface area contributed by atoms with E-state index in [0.29, 0.717) is 12.5 Å². The average molecular weight is 234 g/mol. The summed E-state index contributed by atoms with van der Waals surface area (Å²) in [5.41, 5.74) is 1.26. The summed E-state index contributed by atoms with van der Waals surface area (Å²) in [6.45, 7) is 2.74. The molecule has 1 unspecified atom stereocenters. The van der Waals surface area contributed by atoms with Gasteiger partial charge in [0.15, 0.2) is 0 Å². The monoisotopic (exact) mass is 234 g/mol. The Kier molecular flexibility index (Phi) is 3.85. The predicted molar refractivity (Wildman–Crippen MR) is 67.2 cm³/mol. The third-order valence-corrected chi connectivity index (χ3v) is 3.13. The Morgan fingerprint density at radius 2 is 2.24 bits per heavy atom. The Labute approximate surface area is 102 Å². The first-order chi connectivity index (χ1) is 8.29. The maximum absolute atomic E-state index is 11.0. The number of carbonyl (C=O) groups excluding carboxylic acids is 1. The lowest BCUT2D eigenvalue weighted by atomic mass is 10.1. The Balaban J connectivity index is 1.82. The number of methoxy groups -OCH3 is 1. The van der Waals surface area contributed by atoms with Crippen molar-refractivity contribution >= 4 is 11.8 Å². The fourth-order valence-electron chi connectivity index (χ4n) is 2.17. The number of benzene rings is 1. The zero-order chi connectivity index (χ0) is 12.1. The summed E-state index contributed by atoms with van der Waals surface area (Å²) >= 11 is 0. The predicted octanol–water partition coefficient (Wildman–Crippen LogP) is 1.87. The van der Waals surface area contributed by atoms with E-state index in [1.807, 2.05) is 6.07 Å². The molecule has 1 N–H and O–H groups in total. The van der Waals surface area contributed by atoms with Gasteiger partial charge in [-0.25, -0.2) is 4.79 Å². The standard InChI is InChI=1S/C13H18N2O2/c1-17-13(16)14-9-11-7-8-15(10-11)12-5-3-2-4-6-12/h2-6,11H,7-10H2,1H3,(H,14,16). The maximum Gasteiger partial charge on any atom is 0.406 e. The van der Waals surface area contributed by atoms with E-state index < -0.39 is 0 Å². The molecular formula is C13H18N2O2. The van der Waals surface area contributed by atoms with Gasteiger partial charge in [0.25, 0.3) is 0 Å². The molecule has 17 heavy (non-hydrogen) atoms. The largest absolute Gasteiger partial charge is 0.453 e. The van der Waals surface area contributed by atoms with Gasteiger partial charge in [-0.05, 0) is 24.5 Å². The van der Waals surface area contributed by atoms with Crippen molar-refractivity contribution in [3.05, 3.63) is 30.3 Å². The van der Waals surface area contributed by atoms with Crippen LogP contribution in [0.1, 0.15) is 6.42 Å². The van der Waals surface area contributed by atoms with Crippen LogP contribution < -0.4 is 10.2 Å². The number of alkyl carbamates (subject to hydrolysis) is 1. The Hall–Kier alpha value is -1.71. The van der Waals surface area contributed by atoms with E-state index in [1.165, 1.54) is 12.8 Å². The highest BCUT2D eigenvalue weighted by molar-refractivity contribution is 5.66. The van der Waals surface area contributed by atoms with Crippen LogP contribution >= 0.6 is 0 Å². The second kappa shape index (κ2) is 5.57. The molecule has 4 heteroatoms. The third-order valence-electron chi connectivity index (χ3n) is 3.13. The molecule has 2 rings (SSSR count). The Bertz CT molecular complexity index is 367. The lowest BCUT2D eigenvalue weighted by Crippen LogP contribution is -2.30. The first-order valence-corrected chi connectivity index (χ1v) is 5.91. The van der Waals surface area contributed by atoms with Gasteiger partial charge >= 0.3 is 6.09 Å². The fourth-order valence-corrected chi connectivity index (χ4v) is 2.17. The van der Waals surface area contributed by atoms with Crippen molar-refractivity contribution in [2.45, 2.75) is 6.42 Å². The number of nitrogens with zero attached hydrogens (tertiary/aromatic N) is 1. The number of rotatable bonds is 3. The van der Waals surface area contributed by atoms with Gasteiger partial charge in [-0.15, -0.1) is 0 Å². The van der Waals surface area contributed by atoms with Crippen LogP contribution in [0, 0.1) is 5.92 Å². The fraction of sp³-hybridized carbons (Fsp3) is 0.462. The minimum atomic E-state index is -0.344. The van der Waals surface area contributed by atoms with Crippen LogP contribution in [-0.4, -0.2) is 32.8 Å². The molecule has 1 amide bonds. The van der Waals surface area contributed by atoms with E-state index in [1.54, 1.807) is 0 Å². The molecule has 1 saturated heterocycles. The zero-order valence-electron chi connectivity index (χ0n) is 10.1. The van der Waals surface area contributed by atoms with Crippen LogP contribution in [-0.2, 0) is 4.74 Å². The first-order valence-electron chi connectivity index (χ1n) is 5.91. The zero-order valence-corrected chi connectivity index (χ0v) is 10.1. The maximum atomic E-state index is 11.0. The summed E-state index contributed by atoms with van der Waals surface area (Å²) in [6, 6.07) is 10.4. The van der Waals surface area contributed by atoms with Crippen molar-refractivity contribution in [2.24, 2.45) is 5.92 Å². The first kappa shape index (κ1) is 11.8. The van der Waals surface area contributed by atoms with Gasteiger partial charge in [0.1, 0.15) is 0 Å². The molecule has 1 aliphatic rings. The van der Waals surface area contributed by atoms with Gasteiger partial charge in [-0.1, -0.05) is 18.2 Å². The van der Waals surface area contributed by atoms with Crippen molar-refractivity contribution in [1.82, 2.24) is 5.32 Å². The minimum absolute atomic E-state index is 0.344. The SMILES string of the molecule is COC(=O)NCC1CCN(c2ccccc2)C1.